The van der Waals surface area contributed by atoms with Gasteiger partial charge in [0.15, 0.2) is 0 Å². The predicted molar refractivity (Wildman–Crippen MR) is 84.5 cm³/mol. The molecule has 0 fully saturated rings. The molecule has 2 aromatic rings. The van der Waals surface area contributed by atoms with Crippen molar-refractivity contribution in [3.63, 3.8) is 0 Å². The van der Waals surface area contributed by atoms with E-state index in [-0.39, 0.29) is 10.6 Å². The molecule has 0 spiro atoms. The lowest BCUT2D eigenvalue weighted by atomic mass is 10.1. The highest BCUT2D eigenvalue weighted by atomic mass is 32.1. The summed E-state index contributed by atoms with van der Waals surface area (Å²) in [4.78, 5) is 17.1. The molecule has 2 rings (SSSR count). The van der Waals surface area contributed by atoms with Gasteiger partial charge in [0.2, 0.25) is 0 Å². The highest BCUT2D eigenvalue weighted by Gasteiger charge is 2.17. The second-order valence-corrected chi connectivity index (χ2v) is 5.47. The lowest BCUT2D eigenvalue weighted by Crippen LogP contribution is -2.19. The number of nitrogens with zero attached hydrogens (tertiary/aromatic N) is 3. The van der Waals surface area contributed by atoms with Crippen molar-refractivity contribution in [3.8, 4) is 0 Å². The van der Waals surface area contributed by atoms with Crippen LogP contribution in [0.3, 0.4) is 0 Å². The van der Waals surface area contributed by atoms with E-state index in [0.29, 0.717) is 18.8 Å². The van der Waals surface area contributed by atoms with Gasteiger partial charge >= 0.3 is 0 Å². The summed E-state index contributed by atoms with van der Waals surface area (Å²) in [6, 6.07) is 5.18. The molecular formula is C14H18N4O2S. The highest BCUT2D eigenvalue weighted by Crippen LogP contribution is 2.29. The maximum Gasteiger partial charge on any atom is 0.292 e. The molecular weight excluding hydrogens is 288 g/mol. The Bertz CT molecular complexity index is 601. The number of para-hydroxylation sites is 1. The largest absolute Gasteiger partial charge is 0.380 e. The van der Waals surface area contributed by atoms with Gasteiger partial charge in [0, 0.05) is 31.1 Å². The van der Waals surface area contributed by atoms with E-state index < -0.39 is 0 Å². The van der Waals surface area contributed by atoms with Gasteiger partial charge in [0.05, 0.1) is 16.1 Å². The van der Waals surface area contributed by atoms with Crippen LogP contribution in [0, 0.1) is 10.1 Å². The van der Waals surface area contributed by atoms with Crippen LogP contribution in [0.15, 0.2) is 29.1 Å². The van der Waals surface area contributed by atoms with Crippen molar-refractivity contribution in [2.24, 2.45) is 0 Å². The minimum atomic E-state index is -0.345. The molecule has 112 valence electrons. The zero-order valence-electron chi connectivity index (χ0n) is 12.1. The summed E-state index contributed by atoms with van der Waals surface area (Å²) in [5.74, 6) is 0. The quantitative estimate of drug-likeness (QED) is 0.628. The van der Waals surface area contributed by atoms with Crippen LogP contribution in [0.2, 0.25) is 0 Å². The maximum absolute atomic E-state index is 11.1. The second kappa shape index (κ2) is 7.14. The number of hydrogen-bond donors (Lipinski definition) is 1. The minimum Gasteiger partial charge on any atom is -0.380 e. The molecule has 0 saturated carbocycles. The van der Waals surface area contributed by atoms with Gasteiger partial charge < -0.3 is 5.32 Å². The molecule has 0 unspecified atom stereocenters. The Kier molecular flexibility index (Phi) is 5.24. The van der Waals surface area contributed by atoms with Gasteiger partial charge in [0.1, 0.15) is 5.69 Å². The summed E-state index contributed by atoms with van der Waals surface area (Å²) < 4.78 is 0. The number of hydrogen-bond acceptors (Lipinski definition) is 6. The van der Waals surface area contributed by atoms with Crippen molar-refractivity contribution >= 4 is 22.7 Å². The molecule has 1 aromatic carbocycles. The third-order valence-electron chi connectivity index (χ3n) is 3.03. The molecule has 0 saturated heterocycles. The molecule has 1 heterocycles. The van der Waals surface area contributed by atoms with Crippen LogP contribution in [0.4, 0.5) is 11.4 Å². The molecule has 0 radical (unpaired) electrons. The Labute approximate surface area is 127 Å². The first-order valence-electron chi connectivity index (χ1n) is 6.67. The fourth-order valence-corrected chi connectivity index (χ4v) is 2.74. The molecule has 21 heavy (non-hydrogen) atoms. The summed E-state index contributed by atoms with van der Waals surface area (Å²) in [6.07, 6.45) is 0. The van der Waals surface area contributed by atoms with Crippen molar-refractivity contribution in [1.82, 2.24) is 9.88 Å². The van der Waals surface area contributed by atoms with Gasteiger partial charge in [-0.3, -0.25) is 15.0 Å². The fourth-order valence-electron chi connectivity index (χ4n) is 2.19. The Balaban J connectivity index is 2.18. The van der Waals surface area contributed by atoms with Crippen LogP contribution in [-0.4, -0.2) is 28.4 Å². The lowest BCUT2D eigenvalue weighted by Gasteiger charge is -2.18. The van der Waals surface area contributed by atoms with Crippen LogP contribution in [-0.2, 0) is 13.1 Å². The van der Waals surface area contributed by atoms with E-state index >= 15 is 0 Å². The van der Waals surface area contributed by atoms with Gasteiger partial charge in [-0.1, -0.05) is 12.1 Å². The first-order valence-corrected chi connectivity index (χ1v) is 7.61. The number of benzene rings is 1. The summed E-state index contributed by atoms with van der Waals surface area (Å²) in [6.45, 7) is 3.92. The third kappa shape index (κ3) is 3.99. The van der Waals surface area contributed by atoms with E-state index in [9.17, 15) is 10.1 Å². The van der Waals surface area contributed by atoms with Gasteiger partial charge in [-0.25, -0.2) is 4.98 Å². The van der Waals surface area contributed by atoms with E-state index in [1.807, 2.05) is 25.4 Å². The van der Waals surface area contributed by atoms with Crippen LogP contribution >= 0.6 is 11.3 Å². The minimum absolute atomic E-state index is 0.122. The molecule has 0 aliphatic rings. The smallest absolute Gasteiger partial charge is 0.292 e. The third-order valence-corrected chi connectivity index (χ3v) is 3.67. The van der Waals surface area contributed by atoms with E-state index in [0.717, 1.165) is 17.8 Å². The van der Waals surface area contributed by atoms with Crippen molar-refractivity contribution < 1.29 is 4.92 Å². The first kappa shape index (κ1) is 15.4. The highest BCUT2D eigenvalue weighted by molar-refractivity contribution is 7.07. The SMILES string of the molecule is CCNc1c(CN(C)Cc2cscn2)cccc1[N+](=O)[O-]. The Morgan fingerprint density at radius 3 is 2.86 bits per heavy atom. The van der Waals surface area contributed by atoms with Gasteiger partial charge in [-0.05, 0) is 19.5 Å². The standard InChI is InChI=1S/C14H18N4O2S/c1-3-15-14-11(5-4-6-13(14)18(19)20)7-17(2)8-12-9-21-10-16-12/h4-6,9-10,15H,3,7-8H2,1-2H3. The number of nitro benzene ring substituents is 1. The molecule has 0 aliphatic carbocycles. The van der Waals surface area contributed by atoms with Crippen LogP contribution in [0.1, 0.15) is 18.2 Å². The van der Waals surface area contributed by atoms with Crippen LogP contribution in [0.5, 0.6) is 0 Å². The van der Waals surface area contributed by atoms with Crippen molar-refractivity contribution in [3.05, 3.63) is 50.5 Å². The number of rotatable bonds is 7. The predicted octanol–water partition coefficient (Wildman–Crippen LogP) is 3.12. The average molecular weight is 306 g/mol. The van der Waals surface area contributed by atoms with Gasteiger partial charge in [0.25, 0.3) is 5.69 Å². The van der Waals surface area contributed by atoms with Crippen molar-refractivity contribution in [1.29, 1.82) is 0 Å². The van der Waals surface area contributed by atoms with Gasteiger partial charge in [-0.15, -0.1) is 11.3 Å². The monoisotopic (exact) mass is 306 g/mol. The normalized spacial score (nSPS) is 10.8. The van der Waals surface area contributed by atoms with Crippen molar-refractivity contribution in [2.45, 2.75) is 20.0 Å². The Morgan fingerprint density at radius 2 is 2.24 bits per heavy atom. The first-order chi connectivity index (χ1) is 10.1. The molecule has 0 bridgehead atoms. The molecule has 0 amide bonds. The van der Waals surface area contributed by atoms with Crippen LogP contribution in [0.25, 0.3) is 0 Å². The maximum atomic E-state index is 11.1. The molecule has 0 aliphatic heterocycles. The van der Waals surface area contributed by atoms with E-state index in [1.165, 1.54) is 6.07 Å². The molecule has 1 N–H and O–H groups in total. The van der Waals surface area contributed by atoms with Gasteiger partial charge in [-0.2, -0.15) is 0 Å². The number of nitro groups is 1. The Hall–Kier alpha value is -1.99. The molecule has 1 aromatic heterocycles. The van der Waals surface area contributed by atoms with E-state index in [4.69, 9.17) is 0 Å². The number of thiazole rings is 1. The van der Waals surface area contributed by atoms with E-state index in [2.05, 4.69) is 15.2 Å². The Morgan fingerprint density at radius 1 is 1.43 bits per heavy atom. The summed E-state index contributed by atoms with van der Waals surface area (Å²) in [5, 5.41) is 16.3. The van der Waals surface area contributed by atoms with Crippen LogP contribution < -0.4 is 5.32 Å². The molecule has 7 heteroatoms. The summed E-state index contributed by atoms with van der Waals surface area (Å²) in [5.41, 5.74) is 4.47. The lowest BCUT2D eigenvalue weighted by molar-refractivity contribution is -0.384. The molecule has 0 atom stereocenters. The number of nitrogens with one attached hydrogen (secondary N) is 1. The molecule has 6 nitrogen and oxygen atoms in total. The van der Waals surface area contributed by atoms with E-state index in [1.54, 1.807) is 22.9 Å². The summed E-state index contributed by atoms with van der Waals surface area (Å²) >= 11 is 1.57. The fraction of sp³-hybridized carbons (Fsp3) is 0.357. The zero-order valence-corrected chi connectivity index (χ0v) is 12.9. The topological polar surface area (TPSA) is 71.3 Å². The number of aromatic nitrogens is 1. The number of anilines is 1. The van der Waals surface area contributed by atoms with Crippen molar-refractivity contribution in [2.75, 3.05) is 18.9 Å². The zero-order chi connectivity index (χ0) is 15.2. The summed E-state index contributed by atoms with van der Waals surface area (Å²) in [7, 11) is 1.98. The average Bonchev–Trinajstić information content (AvgIpc) is 2.93. The second-order valence-electron chi connectivity index (χ2n) is 4.75.